The van der Waals surface area contributed by atoms with E-state index >= 15 is 0 Å². The molecule has 1 N–H and O–H groups in total. The van der Waals surface area contributed by atoms with Crippen molar-refractivity contribution in [3.63, 3.8) is 0 Å². The zero-order chi connectivity index (χ0) is 17.3. The number of aryl methyl sites for hydroxylation is 1. The molecule has 1 heterocycles. The van der Waals surface area contributed by atoms with Gasteiger partial charge in [-0.15, -0.1) is 0 Å². The summed E-state index contributed by atoms with van der Waals surface area (Å²) in [7, 11) is 0. The highest BCUT2D eigenvalue weighted by Gasteiger charge is 2.23. The molecule has 0 atom stereocenters. The molecular formula is C20H27NO2. The second kappa shape index (κ2) is 6.32. The molecular weight excluding hydrogens is 286 g/mol. The highest BCUT2D eigenvalue weighted by atomic mass is 16.5. The van der Waals surface area contributed by atoms with E-state index in [2.05, 4.69) is 64.1 Å². The van der Waals surface area contributed by atoms with Crippen molar-refractivity contribution in [3.8, 4) is 0 Å². The molecule has 2 aromatic rings. The summed E-state index contributed by atoms with van der Waals surface area (Å²) < 4.78 is 5.10. The van der Waals surface area contributed by atoms with E-state index in [0.717, 1.165) is 22.6 Å². The number of nitrogens with zero attached hydrogens (tertiary/aromatic N) is 1. The van der Waals surface area contributed by atoms with Crippen LogP contribution in [-0.2, 0) is 10.8 Å². The molecule has 3 nitrogen and oxygen atoms in total. The van der Waals surface area contributed by atoms with Crippen molar-refractivity contribution in [1.82, 2.24) is 5.16 Å². The van der Waals surface area contributed by atoms with Gasteiger partial charge < -0.3 is 9.63 Å². The number of hydrogen-bond donors (Lipinski definition) is 1. The van der Waals surface area contributed by atoms with Crippen LogP contribution in [0, 0.1) is 6.92 Å². The van der Waals surface area contributed by atoms with Crippen LogP contribution in [0.2, 0.25) is 0 Å². The third-order valence-electron chi connectivity index (χ3n) is 4.12. The normalized spacial score (nSPS) is 13.0. The van der Waals surface area contributed by atoms with Gasteiger partial charge in [-0.1, -0.05) is 64.1 Å². The number of hydrogen-bond acceptors (Lipinski definition) is 3. The molecule has 0 fully saturated rings. The van der Waals surface area contributed by atoms with Crippen LogP contribution in [0.3, 0.4) is 0 Å². The Kier molecular flexibility index (Phi) is 4.81. The minimum atomic E-state index is -0.245. The molecule has 0 saturated heterocycles. The predicted octanol–water partition coefficient (Wildman–Crippen LogP) is 4.72. The molecule has 0 amide bonds. The van der Waals surface area contributed by atoms with Crippen LogP contribution < -0.4 is 0 Å². The predicted molar refractivity (Wildman–Crippen MR) is 95.4 cm³/mol. The molecule has 0 spiro atoms. The van der Waals surface area contributed by atoms with Gasteiger partial charge in [-0.05, 0) is 35.1 Å². The highest BCUT2D eigenvalue weighted by molar-refractivity contribution is 5.70. The van der Waals surface area contributed by atoms with Gasteiger partial charge >= 0.3 is 0 Å². The van der Waals surface area contributed by atoms with Crippen LogP contribution >= 0.6 is 0 Å². The summed E-state index contributed by atoms with van der Waals surface area (Å²) >= 11 is 0. The average Bonchev–Trinajstić information content (AvgIpc) is 2.89. The highest BCUT2D eigenvalue weighted by Crippen LogP contribution is 2.32. The summed E-state index contributed by atoms with van der Waals surface area (Å²) in [5.41, 5.74) is 4.16. The largest absolute Gasteiger partial charge is 0.395 e. The van der Waals surface area contributed by atoms with Gasteiger partial charge in [0.1, 0.15) is 11.5 Å². The van der Waals surface area contributed by atoms with Crippen molar-refractivity contribution in [3.05, 3.63) is 52.4 Å². The lowest BCUT2D eigenvalue weighted by Gasteiger charge is -2.28. The summed E-state index contributed by atoms with van der Waals surface area (Å²) in [6.45, 7) is 12.7. The van der Waals surface area contributed by atoms with Crippen molar-refractivity contribution in [1.29, 1.82) is 0 Å². The van der Waals surface area contributed by atoms with Crippen LogP contribution in [0.4, 0.5) is 0 Å². The van der Waals surface area contributed by atoms with E-state index in [1.54, 1.807) is 0 Å². The Morgan fingerprint density at radius 3 is 2.30 bits per heavy atom. The summed E-state index contributed by atoms with van der Waals surface area (Å²) in [5, 5.41) is 13.6. The Balaban J connectivity index is 2.45. The zero-order valence-corrected chi connectivity index (χ0v) is 15.0. The van der Waals surface area contributed by atoms with Gasteiger partial charge in [0.25, 0.3) is 0 Å². The maximum absolute atomic E-state index is 9.63. The first-order valence-electron chi connectivity index (χ1n) is 8.01. The molecule has 3 heteroatoms. The summed E-state index contributed by atoms with van der Waals surface area (Å²) in [4.78, 5) is 0. The van der Waals surface area contributed by atoms with Gasteiger partial charge in [-0.2, -0.15) is 0 Å². The molecule has 0 aliphatic rings. The fourth-order valence-electron chi connectivity index (χ4n) is 2.50. The first-order chi connectivity index (χ1) is 10.6. The van der Waals surface area contributed by atoms with Gasteiger partial charge in [-0.3, -0.25) is 0 Å². The number of rotatable bonds is 4. The molecule has 1 aromatic heterocycles. The van der Waals surface area contributed by atoms with E-state index in [0.29, 0.717) is 0 Å². The third-order valence-corrected chi connectivity index (χ3v) is 4.12. The molecule has 2 rings (SSSR count). The molecule has 23 heavy (non-hydrogen) atoms. The monoisotopic (exact) mass is 313 g/mol. The summed E-state index contributed by atoms with van der Waals surface area (Å²) in [6.07, 6.45) is 4.05. The first-order valence-corrected chi connectivity index (χ1v) is 8.01. The van der Waals surface area contributed by atoms with Crippen molar-refractivity contribution in [2.45, 2.75) is 52.4 Å². The van der Waals surface area contributed by atoms with Gasteiger partial charge in [0.05, 0.1) is 6.61 Å². The molecule has 124 valence electrons. The van der Waals surface area contributed by atoms with Crippen molar-refractivity contribution in [2.75, 3.05) is 6.61 Å². The van der Waals surface area contributed by atoms with Crippen LogP contribution in [-0.4, -0.2) is 16.9 Å². The minimum absolute atomic E-state index is 0.0148. The van der Waals surface area contributed by atoms with E-state index in [1.807, 2.05) is 19.1 Å². The Morgan fingerprint density at radius 1 is 1.09 bits per heavy atom. The minimum Gasteiger partial charge on any atom is -0.395 e. The Labute approximate surface area is 139 Å². The molecule has 0 radical (unpaired) electrons. The summed E-state index contributed by atoms with van der Waals surface area (Å²) in [6, 6.07) is 8.34. The number of aromatic nitrogens is 1. The van der Waals surface area contributed by atoms with Crippen molar-refractivity contribution in [2.24, 2.45) is 0 Å². The van der Waals surface area contributed by atoms with E-state index in [4.69, 9.17) is 4.52 Å². The van der Waals surface area contributed by atoms with Gasteiger partial charge in [-0.25, -0.2) is 0 Å². The zero-order valence-electron chi connectivity index (χ0n) is 15.0. The van der Waals surface area contributed by atoms with Crippen LogP contribution in [0.1, 0.15) is 62.8 Å². The van der Waals surface area contributed by atoms with Gasteiger partial charge in [0.15, 0.2) is 0 Å². The molecule has 0 aliphatic carbocycles. The topological polar surface area (TPSA) is 46.3 Å². The number of benzene rings is 1. The molecule has 0 bridgehead atoms. The number of aliphatic hydroxyl groups is 1. The van der Waals surface area contributed by atoms with E-state index < -0.39 is 0 Å². The van der Waals surface area contributed by atoms with E-state index in [-0.39, 0.29) is 17.4 Å². The third kappa shape index (κ3) is 4.11. The number of aliphatic hydroxyl groups excluding tert-OH is 1. The second-order valence-electron chi connectivity index (χ2n) is 7.79. The Hall–Kier alpha value is -1.87. The molecule has 0 aliphatic heterocycles. The smallest absolute Gasteiger partial charge is 0.134 e. The van der Waals surface area contributed by atoms with Gasteiger partial charge in [0.2, 0.25) is 0 Å². The lowest BCUT2D eigenvalue weighted by Crippen LogP contribution is -2.23. The lowest BCUT2D eigenvalue weighted by atomic mass is 9.78. The second-order valence-corrected chi connectivity index (χ2v) is 7.79. The van der Waals surface area contributed by atoms with E-state index in [9.17, 15) is 5.11 Å². The molecule has 0 saturated carbocycles. The Bertz CT molecular complexity index is 703. The van der Waals surface area contributed by atoms with Crippen LogP contribution in [0.25, 0.3) is 12.2 Å². The molecule has 0 unspecified atom stereocenters. The molecule has 1 aromatic carbocycles. The fourth-order valence-corrected chi connectivity index (χ4v) is 2.50. The average molecular weight is 313 g/mol. The maximum Gasteiger partial charge on any atom is 0.134 e. The van der Waals surface area contributed by atoms with Crippen molar-refractivity contribution < 1.29 is 9.63 Å². The quantitative estimate of drug-likeness (QED) is 0.888. The summed E-state index contributed by atoms with van der Waals surface area (Å²) in [5.74, 6) is 0.806. The standard InChI is InChI=1S/C20H27NO2/c1-14-11-17(21-23-14)10-8-15-7-9-16(20(5,6)13-22)12-18(15)19(2,3)4/h7-12,22H,13H2,1-6H3/b10-8+. The fraction of sp³-hybridized carbons (Fsp3) is 0.450. The SMILES string of the molecule is Cc1cc(/C=C/c2ccc(C(C)(C)CO)cc2C(C)(C)C)no1. The first kappa shape index (κ1) is 17.5. The van der Waals surface area contributed by atoms with Crippen LogP contribution in [0.15, 0.2) is 28.8 Å². The van der Waals surface area contributed by atoms with Crippen LogP contribution in [0.5, 0.6) is 0 Å². The van der Waals surface area contributed by atoms with Gasteiger partial charge in [0, 0.05) is 11.5 Å². The maximum atomic E-state index is 9.63. The Morgan fingerprint density at radius 2 is 1.78 bits per heavy atom. The van der Waals surface area contributed by atoms with Crippen molar-refractivity contribution >= 4 is 12.2 Å². The lowest BCUT2D eigenvalue weighted by molar-refractivity contribution is 0.218. The van der Waals surface area contributed by atoms with E-state index in [1.165, 1.54) is 5.56 Å².